The standard InChI is InChI=1S/C14H14N4O3/c1-17(10-12-8-15-16-9-12)14(19)7-4-11-2-5-13(6-3-11)18(20)21/h2-9H,10H2,1H3,(H,15,16). The SMILES string of the molecule is CN(Cc1cn[nH]c1)C(=O)C=Cc1ccc([N+](=O)[O-])cc1. The van der Waals surface area contributed by atoms with Crippen molar-refractivity contribution < 1.29 is 9.72 Å². The minimum atomic E-state index is -0.461. The van der Waals surface area contributed by atoms with Crippen molar-refractivity contribution >= 4 is 17.7 Å². The number of amides is 1. The zero-order valence-corrected chi connectivity index (χ0v) is 11.4. The van der Waals surface area contributed by atoms with Crippen molar-refractivity contribution in [3.8, 4) is 0 Å². The number of nitro benzene ring substituents is 1. The lowest BCUT2D eigenvalue weighted by Crippen LogP contribution is -2.23. The summed E-state index contributed by atoms with van der Waals surface area (Å²) in [6, 6.07) is 5.99. The van der Waals surface area contributed by atoms with Crippen molar-refractivity contribution in [1.29, 1.82) is 0 Å². The monoisotopic (exact) mass is 286 g/mol. The van der Waals surface area contributed by atoms with Gasteiger partial charge in [-0.25, -0.2) is 0 Å². The summed E-state index contributed by atoms with van der Waals surface area (Å²) in [5, 5.41) is 17.0. The first-order valence-electron chi connectivity index (χ1n) is 6.21. The normalized spacial score (nSPS) is 10.7. The maximum atomic E-state index is 11.9. The third-order valence-corrected chi connectivity index (χ3v) is 2.87. The Hall–Kier alpha value is -2.96. The Labute approximate surface area is 121 Å². The van der Waals surface area contributed by atoms with E-state index in [-0.39, 0.29) is 11.6 Å². The van der Waals surface area contributed by atoms with Crippen LogP contribution in [0.15, 0.2) is 42.7 Å². The number of nitrogens with one attached hydrogen (secondary N) is 1. The first-order valence-corrected chi connectivity index (χ1v) is 6.21. The Bertz CT molecular complexity index is 647. The number of carbonyl (C=O) groups excluding carboxylic acids is 1. The predicted molar refractivity (Wildman–Crippen MR) is 77.2 cm³/mol. The molecule has 0 aliphatic carbocycles. The van der Waals surface area contributed by atoms with Crippen molar-refractivity contribution in [3.63, 3.8) is 0 Å². The molecule has 7 nitrogen and oxygen atoms in total. The van der Waals surface area contributed by atoms with Crippen LogP contribution in [-0.2, 0) is 11.3 Å². The summed E-state index contributed by atoms with van der Waals surface area (Å²) in [5.74, 6) is -0.158. The number of rotatable bonds is 5. The second-order valence-corrected chi connectivity index (χ2v) is 4.48. The van der Waals surface area contributed by atoms with Crippen LogP contribution in [0.5, 0.6) is 0 Å². The molecule has 21 heavy (non-hydrogen) atoms. The van der Waals surface area contributed by atoms with Gasteiger partial charge in [0.05, 0.1) is 11.1 Å². The fourth-order valence-electron chi connectivity index (χ4n) is 1.72. The van der Waals surface area contributed by atoms with E-state index in [1.54, 1.807) is 42.6 Å². The molecule has 1 heterocycles. The maximum absolute atomic E-state index is 11.9. The van der Waals surface area contributed by atoms with Crippen LogP contribution in [0.4, 0.5) is 5.69 Å². The first kappa shape index (κ1) is 14.4. The molecule has 0 radical (unpaired) electrons. The number of aromatic amines is 1. The van der Waals surface area contributed by atoms with Crippen LogP contribution >= 0.6 is 0 Å². The summed E-state index contributed by atoms with van der Waals surface area (Å²) in [4.78, 5) is 23.5. The van der Waals surface area contributed by atoms with E-state index in [1.165, 1.54) is 18.2 Å². The van der Waals surface area contributed by atoms with E-state index in [0.29, 0.717) is 6.54 Å². The van der Waals surface area contributed by atoms with Gasteiger partial charge in [-0.2, -0.15) is 5.10 Å². The smallest absolute Gasteiger partial charge is 0.269 e. The van der Waals surface area contributed by atoms with Gasteiger partial charge in [0.1, 0.15) is 0 Å². The van der Waals surface area contributed by atoms with Gasteiger partial charge in [0.15, 0.2) is 0 Å². The van der Waals surface area contributed by atoms with Crippen molar-refractivity contribution in [2.45, 2.75) is 6.54 Å². The van der Waals surface area contributed by atoms with Crippen LogP contribution < -0.4 is 0 Å². The molecule has 1 amide bonds. The Morgan fingerprint density at radius 1 is 1.43 bits per heavy atom. The van der Waals surface area contributed by atoms with E-state index >= 15 is 0 Å². The molecule has 2 aromatic rings. The van der Waals surface area contributed by atoms with Crippen LogP contribution in [0.3, 0.4) is 0 Å². The molecule has 1 aromatic carbocycles. The van der Waals surface area contributed by atoms with Gasteiger partial charge in [0, 0.05) is 43.6 Å². The maximum Gasteiger partial charge on any atom is 0.269 e. The molecule has 0 atom stereocenters. The number of likely N-dealkylation sites (N-methyl/N-ethyl adjacent to an activating group) is 1. The highest BCUT2D eigenvalue weighted by Crippen LogP contribution is 2.13. The van der Waals surface area contributed by atoms with Crippen LogP contribution in [0.25, 0.3) is 6.08 Å². The topological polar surface area (TPSA) is 92.1 Å². The summed E-state index contributed by atoms with van der Waals surface area (Å²) in [7, 11) is 1.69. The number of aromatic nitrogens is 2. The molecule has 0 aliphatic heterocycles. The minimum absolute atomic E-state index is 0.0237. The lowest BCUT2D eigenvalue weighted by atomic mass is 10.2. The van der Waals surface area contributed by atoms with E-state index < -0.39 is 4.92 Å². The Morgan fingerprint density at radius 3 is 2.71 bits per heavy atom. The van der Waals surface area contributed by atoms with Gasteiger partial charge in [-0.3, -0.25) is 20.0 Å². The Morgan fingerprint density at radius 2 is 2.14 bits per heavy atom. The van der Waals surface area contributed by atoms with E-state index in [2.05, 4.69) is 10.2 Å². The Balaban J connectivity index is 1.96. The number of H-pyrrole nitrogens is 1. The molecule has 0 fully saturated rings. The molecule has 1 N–H and O–H groups in total. The van der Waals surface area contributed by atoms with Gasteiger partial charge >= 0.3 is 0 Å². The second kappa shape index (κ2) is 6.47. The van der Waals surface area contributed by atoms with Gasteiger partial charge in [-0.1, -0.05) is 0 Å². The lowest BCUT2D eigenvalue weighted by Gasteiger charge is -2.13. The van der Waals surface area contributed by atoms with Gasteiger partial charge in [-0.15, -0.1) is 0 Å². The molecule has 2 rings (SSSR count). The van der Waals surface area contributed by atoms with Crippen LogP contribution in [0.1, 0.15) is 11.1 Å². The summed E-state index contributed by atoms with van der Waals surface area (Å²) in [6.45, 7) is 0.458. The van der Waals surface area contributed by atoms with Gasteiger partial charge in [0.2, 0.25) is 5.91 Å². The number of nitrogens with zero attached hydrogens (tertiary/aromatic N) is 3. The number of nitro groups is 1. The second-order valence-electron chi connectivity index (χ2n) is 4.48. The third kappa shape index (κ3) is 4.00. The lowest BCUT2D eigenvalue weighted by molar-refractivity contribution is -0.384. The Kier molecular flexibility index (Phi) is 4.45. The highest BCUT2D eigenvalue weighted by atomic mass is 16.6. The first-order chi connectivity index (χ1) is 10.1. The highest BCUT2D eigenvalue weighted by Gasteiger charge is 2.07. The van der Waals surface area contributed by atoms with Crippen molar-refractivity contribution in [2.24, 2.45) is 0 Å². The average Bonchev–Trinajstić information content (AvgIpc) is 2.98. The van der Waals surface area contributed by atoms with Crippen molar-refractivity contribution in [1.82, 2.24) is 15.1 Å². The number of carbonyl (C=O) groups is 1. The molecule has 1 aromatic heterocycles. The third-order valence-electron chi connectivity index (χ3n) is 2.87. The summed E-state index contributed by atoms with van der Waals surface area (Å²) in [6.07, 6.45) is 6.44. The van der Waals surface area contributed by atoms with E-state index in [0.717, 1.165) is 11.1 Å². The molecule has 0 unspecified atom stereocenters. The molecule has 0 saturated heterocycles. The fourth-order valence-corrected chi connectivity index (χ4v) is 1.72. The van der Waals surface area contributed by atoms with Gasteiger partial charge in [0.25, 0.3) is 5.69 Å². The molecular formula is C14H14N4O3. The van der Waals surface area contributed by atoms with Gasteiger partial charge < -0.3 is 4.90 Å². The van der Waals surface area contributed by atoms with Gasteiger partial charge in [-0.05, 0) is 23.8 Å². The number of hydrogen-bond acceptors (Lipinski definition) is 4. The molecule has 0 spiro atoms. The average molecular weight is 286 g/mol. The molecule has 0 saturated carbocycles. The summed E-state index contributed by atoms with van der Waals surface area (Å²) in [5.41, 5.74) is 1.66. The van der Waals surface area contributed by atoms with Crippen LogP contribution in [0, 0.1) is 10.1 Å². The van der Waals surface area contributed by atoms with E-state index in [9.17, 15) is 14.9 Å². The molecule has 108 valence electrons. The number of benzene rings is 1. The molecule has 7 heteroatoms. The van der Waals surface area contributed by atoms with Crippen LogP contribution in [-0.4, -0.2) is 33.0 Å². The molecule has 0 bridgehead atoms. The predicted octanol–water partition coefficient (Wildman–Crippen LogP) is 1.99. The zero-order valence-electron chi connectivity index (χ0n) is 11.4. The minimum Gasteiger partial charge on any atom is -0.338 e. The number of hydrogen-bond donors (Lipinski definition) is 1. The van der Waals surface area contributed by atoms with Crippen molar-refractivity contribution in [3.05, 3.63) is 64.0 Å². The summed E-state index contributed by atoms with van der Waals surface area (Å²) < 4.78 is 0. The molecule has 0 aliphatic rings. The molecular weight excluding hydrogens is 272 g/mol. The quantitative estimate of drug-likeness (QED) is 0.517. The summed E-state index contributed by atoms with van der Waals surface area (Å²) >= 11 is 0. The van der Waals surface area contributed by atoms with E-state index in [4.69, 9.17) is 0 Å². The highest BCUT2D eigenvalue weighted by molar-refractivity contribution is 5.91. The zero-order chi connectivity index (χ0) is 15.2. The van der Waals surface area contributed by atoms with Crippen molar-refractivity contribution in [2.75, 3.05) is 7.05 Å². The van der Waals surface area contributed by atoms with Crippen LogP contribution in [0.2, 0.25) is 0 Å². The largest absolute Gasteiger partial charge is 0.338 e. The number of non-ortho nitro benzene ring substituents is 1. The fraction of sp³-hybridized carbons (Fsp3) is 0.143. The van der Waals surface area contributed by atoms with E-state index in [1.807, 2.05) is 0 Å².